The van der Waals surface area contributed by atoms with E-state index in [1.54, 1.807) is 37.4 Å². The van der Waals surface area contributed by atoms with Gasteiger partial charge in [-0.05, 0) is 42.5 Å². The van der Waals surface area contributed by atoms with Gasteiger partial charge in [0.05, 0.1) is 17.7 Å². The molecule has 2 heterocycles. The second-order valence-corrected chi connectivity index (χ2v) is 11.6. The molecular formula is C23H20Cl2N4O6S2. The third kappa shape index (κ3) is 5.53. The SMILES string of the molecule is CNc1ccc2c(c1)C(C(=O)OC)=CN(c1ccc(NC(=O)NS(=O)(=O)c3cc(Cl)c(Cl)s3)cc1)C2O. The molecule has 0 radical (unpaired) electrons. The maximum absolute atomic E-state index is 12.5. The smallest absolute Gasteiger partial charge is 0.339 e. The lowest BCUT2D eigenvalue weighted by Crippen LogP contribution is -2.34. The number of urea groups is 1. The first-order valence-electron chi connectivity index (χ1n) is 10.5. The maximum atomic E-state index is 12.5. The van der Waals surface area contributed by atoms with Gasteiger partial charge in [0.1, 0.15) is 8.55 Å². The van der Waals surface area contributed by atoms with E-state index in [2.05, 4.69) is 10.6 Å². The molecule has 0 aliphatic carbocycles. The maximum Gasteiger partial charge on any atom is 0.339 e. The van der Waals surface area contributed by atoms with Gasteiger partial charge < -0.3 is 25.4 Å². The Morgan fingerprint density at radius 2 is 1.76 bits per heavy atom. The number of hydrogen-bond acceptors (Lipinski definition) is 9. The normalized spacial score (nSPS) is 14.9. The Kier molecular flexibility index (Phi) is 7.67. The molecule has 0 bridgehead atoms. The van der Waals surface area contributed by atoms with Crippen LogP contribution in [0, 0.1) is 0 Å². The first-order chi connectivity index (χ1) is 17.5. The summed E-state index contributed by atoms with van der Waals surface area (Å²) in [6, 6.07) is 11.6. The summed E-state index contributed by atoms with van der Waals surface area (Å²) in [4.78, 5) is 26.3. The zero-order chi connectivity index (χ0) is 26.9. The number of esters is 1. The van der Waals surface area contributed by atoms with Crippen LogP contribution in [0.5, 0.6) is 0 Å². The van der Waals surface area contributed by atoms with Crippen molar-refractivity contribution in [3.05, 3.63) is 75.2 Å². The summed E-state index contributed by atoms with van der Waals surface area (Å²) in [6.45, 7) is 0. The number of carbonyl (C=O) groups excluding carboxylic acids is 2. The Morgan fingerprint density at radius 1 is 1.08 bits per heavy atom. The van der Waals surface area contributed by atoms with Crippen LogP contribution in [0.4, 0.5) is 21.9 Å². The number of amides is 2. The van der Waals surface area contributed by atoms with E-state index in [1.165, 1.54) is 30.3 Å². The number of halogens is 2. The number of aliphatic hydroxyl groups is 1. The minimum Gasteiger partial charge on any atom is -0.465 e. The van der Waals surface area contributed by atoms with Gasteiger partial charge in [0.15, 0.2) is 6.23 Å². The molecule has 0 saturated heterocycles. The number of sulfonamides is 1. The van der Waals surface area contributed by atoms with Crippen LogP contribution in [0.1, 0.15) is 17.4 Å². The molecule has 4 N–H and O–H groups in total. The third-order valence-electron chi connectivity index (χ3n) is 5.39. The second kappa shape index (κ2) is 10.6. The number of ether oxygens (including phenoxy) is 1. The molecule has 0 fully saturated rings. The number of aliphatic hydroxyl groups excluding tert-OH is 1. The van der Waals surface area contributed by atoms with Gasteiger partial charge in [-0.1, -0.05) is 29.3 Å². The van der Waals surface area contributed by atoms with E-state index in [4.69, 9.17) is 27.9 Å². The summed E-state index contributed by atoms with van der Waals surface area (Å²) in [5.41, 5.74) is 2.82. The van der Waals surface area contributed by atoms with Crippen molar-refractivity contribution in [3.8, 4) is 0 Å². The largest absolute Gasteiger partial charge is 0.465 e. The van der Waals surface area contributed by atoms with E-state index in [-0.39, 0.29) is 24.8 Å². The Hall–Kier alpha value is -3.29. The number of nitrogens with one attached hydrogen (secondary N) is 3. The van der Waals surface area contributed by atoms with E-state index in [1.807, 2.05) is 4.72 Å². The Balaban J connectivity index is 1.54. The van der Waals surface area contributed by atoms with Gasteiger partial charge in [-0.15, -0.1) is 11.3 Å². The molecule has 1 aromatic heterocycles. The predicted octanol–water partition coefficient (Wildman–Crippen LogP) is 4.63. The Morgan fingerprint density at radius 3 is 2.35 bits per heavy atom. The molecule has 1 aliphatic rings. The van der Waals surface area contributed by atoms with Crippen molar-refractivity contribution in [1.82, 2.24) is 4.72 Å². The molecule has 0 spiro atoms. The molecule has 1 aliphatic heterocycles. The van der Waals surface area contributed by atoms with Crippen LogP contribution < -0.4 is 20.3 Å². The van der Waals surface area contributed by atoms with Crippen LogP contribution in [-0.2, 0) is 19.6 Å². The van der Waals surface area contributed by atoms with Crippen molar-refractivity contribution in [1.29, 1.82) is 0 Å². The number of anilines is 3. The summed E-state index contributed by atoms with van der Waals surface area (Å²) in [5.74, 6) is -0.573. The van der Waals surface area contributed by atoms with Crippen LogP contribution in [0.25, 0.3) is 5.57 Å². The Bertz CT molecular complexity index is 1490. The zero-order valence-electron chi connectivity index (χ0n) is 19.3. The fourth-order valence-electron chi connectivity index (χ4n) is 3.59. The molecule has 2 aromatic carbocycles. The topological polar surface area (TPSA) is 137 Å². The van der Waals surface area contributed by atoms with E-state index >= 15 is 0 Å². The molecular weight excluding hydrogens is 563 g/mol. The number of thiophene rings is 1. The summed E-state index contributed by atoms with van der Waals surface area (Å²) in [6.07, 6.45) is 0.378. The van der Waals surface area contributed by atoms with Crippen molar-refractivity contribution in [2.75, 3.05) is 29.7 Å². The first kappa shape index (κ1) is 26.8. The van der Waals surface area contributed by atoms with Gasteiger partial charge in [-0.25, -0.2) is 22.7 Å². The van der Waals surface area contributed by atoms with Crippen molar-refractivity contribution in [3.63, 3.8) is 0 Å². The zero-order valence-corrected chi connectivity index (χ0v) is 22.4. The number of carbonyl (C=O) groups is 2. The highest BCUT2D eigenvalue weighted by atomic mass is 35.5. The van der Waals surface area contributed by atoms with Crippen molar-refractivity contribution < 1.29 is 27.9 Å². The quantitative estimate of drug-likeness (QED) is 0.309. The van der Waals surface area contributed by atoms with Gasteiger partial charge in [0.2, 0.25) is 0 Å². The fourth-order valence-corrected chi connectivity index (χ4v) is 6.38. The highest BCUT2D eigenvalue weighted by Gasteiger charge is 2.30. The van der Waals surface area contributed by atoms with E-state index < -0.39 is 28.3 Å². The van der Waals surface area contributed by atoms with E-state index in [0.717, 1.165) is 23.1 Å². The van der Waals surface area contributed by atoms with Gasteiger partial charge >= 0.3 is 12.0 Å². The second-order valence-electron chi connectivity index (χ2n) is 7.66. The van der Waals surface area contributed by atoms with Crippen LogP contribution in [0.3, 0.4) is 0 Å². The van der Waals surface area contributed by atoms with Gasteiger partial charge in [0.25, 0.3) is 10.0 Å². The van der Waals surface area contributed by atoms with Gasteiger partial charge in [0, 0.05) is 41.4 Å². The molecule has 1 unspecified atom stereocenters. The van der Waals surface area contributed by atoms with Gasteiger partial charge in [-0.3, -0.25) is 0 Å². The molecule has 10 nitrogen and oxygen atoms in total. The first-order valence-corrected chi connectivity index (χ1v) is 13.6. The minimum atomic E-state index is -4.17. The van der Waals surface area contributed by atoms with Crippen molar-refractivity contribution >= 4 is 79.2 Å². The average Bonchev–Trinajstić information content (AvgIpc) is 3.22. The lowest BCUT2D eigenvalue weighted by molar-refractivity contribution is -0.133. The summed E-state index contributed by atoms with van der Waals surface area (Å²) in [5, 5.41) is 16.5. The van der Waals surface area contributed by atoms with Crippen molar-refractivity contribution in [2.45, 2.75) is 10.4 Å². The van der Waals surface area contributed by atoms with Crippen LogP contribution in [0.15, 0.2) is 58.9 Å². The molecule has 4 rings (SSSR count). The number of rotatable bonds is 6. The molecule has 14 heteroatoms. The number of benzene rings is 2. The lowest BCUT2D eigenvalue weighted by atomic mass is 9.94. The lowest BCUT2D eigenvalue weighted by Gasteiger charge is -2.33. The monoisotopic (exact) mass is 582 g/mol. The molecule has 37 heavy (non-hydrogen) atoms. The number of nitrogens with zero attached hydrogens (tertiary/aromatic N) is 1. The fraction of sp³-hybridized carbons (Fsp3) is 0.130. The minimum absolute atomic E-state index is 0.0671. The van der Waals surface area contributed by atoms with Crippen molar-refractivity contribution in [2.24, 2.45) is 0 Å². The van der Waals surface area contributed by atoms with E-state index in [0.29, 0.717) is 16.8 Å². The van der Waals surface area contributed by atoms with Crippen LogP contribution in [-0.4, -0.2) is 39.7 Å². The average molecular weight is 583 g/mol. The molecule has 2 amide bonds. The summed E-state index contributed by atoms with van der Waals surface area (Å²) < 4.78 is 31.5. The Labute approximate surface area is 226 Å². The van der Waals surface area contributed by atoms with Crippen LogP contribution in [0.2, 0.25) is 9.36 Å². The standard InChI is InChI=1S/C23H20Cl2N4O6S2/c1-26-13-5-8-15-16(9-13)17(22(31)35-2)11-29(21(15)30)14-6-3-12(4-7-14)27-23(32)28-37(33,34)19-10-18(24)20(25)36-19/h3-11,21,26,30H,1-2H3,(H2,27,28,32). The molecule has 194 valence electrons. The number of fused-ring (bicyclic) bond motifs is 1. The molecule has 1 atom stereocenters. The highest BCUT2D eigenvalue weighted by Crippen LogP contribution is 2.38. The molecule has 3 aromatic rings. The molecule has 0 saturated carbocycles. The number of methoxy groups -OCH3 is 1. The summed E-state index contributed by atoms with van der Waals surface area (Å²) >= 11 is 12.3. The third-order valence-corrected chi connectivity index (χ3v) is 9.06. The summed E-state index contributed by atoms with van der Waals surface area (Å²) in [7, 11) is -1.16. The van der Waals surface area contributed by atoms with Gasteiger partial charge in [-0.2, -0.15) is 0 Å². The van der Waals surface area contributed by atoms with E-state index in [9.17, 15) is 23.1 Å². The predicted molar refractivity (Wildman–Crippen MR) is 144 cm³/mol. The number of hydrogen-bond donors (Lipinski definition) is 4. The van der Waals surface area contributed by atoms with Crippen LogP contribution >= 0.6 is 34.5 Å². The highest BCUT2D eigenvalue weighted by molar-refractivity contribution is 7.92.